The Balaban J connectivity index is 1.05. The Morgan fingerprint density at radius 1 is 0.424 bits per heavy atom. The second kappa shape index (κ2) is 12.3. The minimum Gasteiger partial charge on any atom is -0.308 e. The topological polar surface area (TPSA) is 41.9 Å². The predicted molar refractivity (Wildman–Crippen MR) is 241 cm³/mol. The quantitative estimate of drug-likeness (QED) is 0.179. The van der Waals surface area contributed by atoms with Crippen molar-refractivity contribution >= 4 is 50.5 Å². The molecule has 1 unspecified atom stereocenters. The molecule has 0 N–H and O–H groups in total. The lowest BCUT2D eigenvalue weighted by Crippen LogP contribution is -2.26. The second-order valence-electron chi connectivity index (χ2n) is 15.5. The first kappa shape index (κ1) is 32.7. The van der Waals surface area contributed by atoms with Gasteiger partial charge in [-0.25, -0.2) is 4.98 Å². The molecule has 4 heterocycles. The molecule has 0 saturated heterocycles. The fourth-order valence-corrected chi connectivity index (χ4v) is 11.4. The van der Waals surface area contributed by atoms with E-state index in [0.29, 0.717) is 0 Å². The van der Waals surface area contributed by atoms with Crippen LogP contribution < -0.4 is 4.90 Å². The summed E-state index contributed by atoms with van der Waals surface area (Å²) in [6, 6.07) is 65.9. The highest BCUT2D eigenvalue weighted by Crippen LogP contribution is 2.66. The molecule has 0 bridgehead atoms. The second-order valence-corrected chi connectivity index (χ2v) is 16.5. The molecule has 0 saturated carbocycles. The maximum absolute atomic E-state index is 5.60. The van der Waals surface area contributed by atoms with Gasteiger partial charge < -0.3 is 4.90 Å². The molecule has 13 rings (SSSR count). The summed E-state index contributed by atoms with van der Waals surface area (Å²) < 4.78 is 0. The zero-order valence-corrected chi connectivity index (χ0v) is 32.5. The fraction of sp³-hybridized carbons (Fsp3) is 0.0185. The predicted octanol–water partition coefficient (Wildman–Crippen LogP) is 13.8. The van der Waals surface area contributed by atoms with Crippen LogP contribution in [0.15, 0.2) is 204 Å². The van der Waals surface area contributed by atoms with Crippen molar-refractivity contribution in [2.24, 2.45) is 0 Å². The highest BCUT2D eigenvalue weighted by atomic mass is 32.2. The number of hydrogen-bond acceptors (Lipinski definition) is 5. The van der Waals surface area contributed by atoms with Crippen LogP contribution in [0.1, 0.15) is 22.3 Å². The Kier molecular flexibility index (Phi) is 6.84. The summed E-state index contributed by atoms with van der Waals surface area (Å²) in [5.41, 5.74) is 17.4. The molecule has 7 aromatic carbocycles. The van der Waals surface area contributed by atoms with Crippen molar-refractivity contribution in [3.05, 3.63) is 217 Å². The van der Waals surface area contributed by atoms with E-state index in [0.717, 1.165) is 50.2 Å². The van der Waals surface area contributed by atoms with Crippen LogP contribution in [0.4, 0.5) is 17.1 Å². The average Bonchev–Trinajstić information content (AvgIpc) is 3.78. The summed E-state index contributed by atoms with van der Waals surface area (Å²) in [6.45, 7) is 0. The first-order valence-electron chi connectivity index (χ1n) is 20.0. The Morgan fingerprint density at radius 3 is 2.05 bits per heavy atom. The van der Waals surface area contributed by atoms with E-state index in [1.807, 2.05) is 30.2 Å². The first-order chi connectivity index (χ1) is 29.3. The molecule has 1 atom stereocenters. The molecule has 274 valence electrons. The van der Waals surface area contributed by atoms with Crippen LogP contribution in [0.3, 0.4) is 0 Å². The molecular formula is C54H32N4S. The van der Waals surface area contributed by atoms with Crippen LogP contribution in [0.5, 0.6) is 0 Å². The first-order valence-corrected chi connectivity index (χ1v) is 20.8. The van der Waals surface area contributed by atoms with E-state index in [4.69, 9.17) is 15.0 Å². The van der Waals surface area contributed by atoms with Crippen molar-refractivity contribution in [2.75, 3.05) is 4.90 Å². The number of para-hydroxylation sites is 2. The van der Waals surface area contributed by atoms with E-state index in [9.17, 15) is 0 Å². The minimum atomic E-state index is -0.591. The van der Waals surface area contributed by atoms with E-state index in [1.54, 1.807) is 0 Å². The fourth-order valence-electron chi connectivity index (χ4n) is 10.2. The summed E-state index contributed by atoms with van der Waals surface area (Å²) >= 11 is 1.88. The largest absolute Gasteiger partial charge is 0.308 e. The van der Waals surface area contributed by atoms with Crippen LogP contribution in [-0.2, 0) is 5.41 Å². The van der Waals surface area contributed by atoms with Gasteiger partial charge in [-0.1, -0.05) is 151 Å². The summed E-state index contributed by atoms with van der Waals surface area (Å²) in [5, 5.41) is 3.57. The third-order valence-electron chi connectivity index (χ3n) is 12.6. The summed E-state index contributed by atoms with van der Waals surface area (Å²) in [4.78, 5) is 20.5. The van der Waals surface area contributed by atoms with Crippen molar-refractivity contribution < 1.29 is 0 Å². The molecule has 1 aliphatic heterocycles. The van der Waals surface area contributed by atoms with Crippen molar-refractivity contribution in [3.63, 3.8) is 0 Å². The molecular weight excluding hydrogens is 737 g/mol. The summed E-state index contributed by atoms with van der Waals surface area (Å²) in [5.74, 6) is 0. The van der Waals surface area contributed by atoms with Crippen molar-refractivity contribution in [1.82, 2.24) is 15.0 Å². The number of nitrogens with zero attached hydrogens (tertiary/aromatic N) is 4. The van der Waals surface area contributed by atoms with Gasteiger partial charge in [0.1, 0.15) is 0 Å². The number of anilines is 3. The number of hydrogen-bond donors (Lipinski definition) is 0. The Morgan fingerprint density at radius 2 is 1.08 bits per heavy atom. The lowest BCUT2D eigenvalue weighted by atomic mass is 9.71. The minimum absolute atomic E-state index is 0.591. The Labute approximate surface area is 345 Å². The highest BCUT2D eigenvalue weighted by Gasteiger charge is 2.54. The van der Waals surface area contributed by atoms with Crippen molar-refractivity contribution in [3.8, 4) is 44.9 Å². The van der Waals surface area contributed by atoms with Gasteiger partial charge in [0.2, 0.25) is 0 Å². The molecule has 0 fully saturated rings. The molecule has 10 aromatic rings. The van der Waals surface area contributed by atoms with Gasteiger partial charge in [0.15, 0.2) is 0 Å². The zero-order chi connectivity index (χ0) is 38.7. The van der Waals surface area contributed by atoms with Gasteiger partial charge in [-0.15, -0.1) is 0 Å². The van der Waals surface area contributed by atoms with Crippen LogP contribution in [0.2, 0.25) is 0 Å². The van der Waals surface area contributed by atoms with Crippen LogP contribution in [0, 0.1) is 0 Å². The lowest BCUT2D eigenvalue weighted by Gasteiger charge is -2.35. The molecule has 0 radical (unpaired) electrons. The van der Waals surface area contributed by atoms with Gasteiger partial charge in [0.25, 0.3) is 0 Å². The van der Waals surface area contributed by atoms with Crippen LogP contribution in [-0.4, -0.2) is 15.0 Å². The van der Waals surface area contributed by atoms with Gasteiger partial charge in [0.05, 0.1) is 45.1 Å². The van der Waals surface area contributed by atoms with Gasteiger partial charge in [0, 0.05) is 49.6 Å². The molecule has 3 aromatic heterocycles. The van der Waals surface area contributed by atoms with E-state index in [-0.39, 0.29) is 0 Å². The van der Waals surface area contributed by atoms with Gasteiger partial charge in [-0.05, 0) is 81.2 Å². The molecule has 5 heteroatoms. The normalized spacial score (nSPS) is 15.4. The third kappa shape index (κ3) is 4.42. The molecule has 2 aliphatic carbocycles. The molecule has 1 spiro atoms. The molecule has 4 nitrogen and oxygen atoms in total. The highest BCUT2D eigenvalue weighted by molar-refractivity contribution is 8.00. The molecule has 0 amide bonds. The van der Waals surface area contributed by atoms with E-state index >= 15 is 0 Å². The van der Waals surface area contributed by atoms with Gasteiger partial charge in [-0.2, -0.15) is 0 Å². The summed E-state index contributed by atoms with van der Waals surface area (Å²) in [7, 11) is 0. The molecule has 3 aliphatic rings. The maximum Gasteiger partial charge on any atom is 0.0945 e. The van der Waals surface area contributed by atoms with Crippen LogP contribution in [0.25, 0.3) is 66.6 Å². The number of benzene rings is 7. The Hall–Kier alpha value is -7.34. The lowest BCUT2D eigenvalue weighted by molar-refractivity contribution is 0.788. The van der Waals surface area contributed by atoms with E-state index < -0.39 is 5.41 Å². The zero-order valence-electron chi connectivity index (χ0n) is 31.7. The number of pyridine rings is 3. The van der Waals surface area contributed by atoms with E-state index in [1.165, 1.54) is 65.4 Å². The van der Waals surface area contributed by atoms with Crippen LogP contribution >= 0.6 is 11.8 Å². The average molecular weight is 769 g/mol. The van der Waals surface area contributed by atoms with Crippen molar-refractivity contribution in [2.45, 2.75) is 15.2 Å². The third-order valence-corrected chi connectivity index (χ3v) is 13.8. The van der Waals surface area contributed by atoms with Gasteiger partial charge in [-0.3, -0.25) is 9.97 Å². The van der Waals surface area contributed by atoms with E-state index in [2.05, 4.69) is 181 Å². The number of aromatic nitrogens is 3. The maximum atomic E-state index is 5.60. The number of rotatable bonds is 3. The smallest absolute Gasteiger partial charge is 0.0945 e. The SMILES string of the molecule is c1ccc2c(c1)Sc1c(ccc3c1-c1ccccc1C31c3cccnc3-c3nc(-c4ccccc4-c4cccc5cccnc45)ccc31)N2c1cccc2ccccc12. The summed E-state index contributed by atoms with van der Waals surface area (Å²) in [6.07, 6.45) is 3.78. The number of fused-ring (bicyclic) bond motifs is 15. The van der Waals surface area contributed by atoms with Crippen molar-refractivity contribution in [1.29, 1.82) is 0 Å². The monoisotopic (exact) mass is 768 g/mol. The standard InChI is InChI=1S/C54H32N4S/c1-2-17-35-33(13-1)14-10-25-45(35)58-46-24-7-8-26-48(46)59-53-47(58)30-28-41-49(53)39-20-5-6-22-40(39)54(41)42-23-12-32-56-51(42)52-43(54)27-29-44(57-52)37-19-4-3-18-36(37)38-21-9-15-34-16-11-31-55-50(34)38/h1-32H. The molecule has 59 heavy (non-hydrogen) atoms. The van der Waals surface area contributed by atoms with Gasteiger partial charge >= 0.3 is 0 Å². The Bertz CT molecular complexity index is 3400.